The number of benzene rings is 2. The molecule has 0 saturated heterocycles. The van der Waals surface area contributed by atoms with Crippen LogP contribution >= 0.6 is 0 Å². The first-order valence-corrected chi connectivity index (χ1v) is 9.90. The number of nitrogens with zero attached hydrogens (tertiary/aromatic N) is 1. The lowest BCUT2D eigenvalue weighted by molar-refractivity contribution is 0.102. The number of ether oxygens (including phenoxy) is 1. The molecule has 0 heterocycles. The summed E-state index contributed by atoms with van der Waals surface area (Å²) in [5.74, 6) is 0.542. The molecule has 0 fully saturated rings. The van der Waals surface area contributed by atoms with Gasteiger partial charge < -0.3 is 15.0 Å². The van der Waals surface area contributed by atoms with Gasteiger partial charge in [0.15, 0.2) is 0 Å². The Balaban J connectivity index is 2.34. The van der Waals surface area contributed by atoms with Crippen molar-refractivity contribution >= 4 is 17.2 Å². The Hall–Kier alpha value is -3.53. The molecular weight excluding hydrogens is 372 g/mol. The zero-order valence-electron chi connectivity index (χ0n) is 18.2. The van der Waals surface area contributed by atoms with Gasteiger partial charge in [-0.05, 0) is 55.7 Å². The van der Waals surface area contributed by atoms with Crippen LogP contribution in [0, 0.1) is 0 Å². The highest BCUT2D eigenvalue weighted by Gasteiger charge is 2.13. The fourth-order valence-electron chi connectivity index (χ4n) is 3.02. The van der Waals surface area contributed by atoms with Gasteiger partial charge >= 0.3 is 0 Å². The van der Waals surface area contributed by atoms with Crippen LogP contribution in [0.5, 0.6) is 5.75 Å². The minimum Gasteiger partial charge on any atom is -0.496 e. The predicted molar refractivity (Wildman–Crippen MR) is 126 cm³/mol. The molecule has 0 saturated carbocycles. The number of para-hydroxylation sites is 1. The summed E-state index contributed by atoms with van der Waals surface area (Å²) >= 11 is 0. The number of carbonyl (C=O) groups excluding carboxylic acids is 1. The maximum atomic E-state index is 12.9. The number of amides is 1. The molecule has 2 aromatic carbocycles. The van der Waals surface area contributed by atoms with Gasteiger partial charge in [-0.15, -0.1) is 0 Å². The zero-order valence-corrected chi connectivity index (χ0v) is 18.2. The van der Waals surface area contributed by atoms with Gasteiger partial charge in [-0.3, -0.25) is 4.79 Å². The normalized spacial score (nSPS) is 11.3. The predicted octanol–water partition coefficient (Wildman–Crippen LogP) is 6.41. The molecule has 0 aromatic heterocycles. The average molecular weight is 403 g/mol. The number of nitrogens with one attached hydrogen (secondary N) is 1. The summed E-state index contributed by atoms with van der Waals surface area (Å²) in [6.07, 6.45) is 8.27. The van der Waals surface area contributed by atoms with Crippen molar-refractivity contribution in [2.45, 2.75) is 27.2 Å². The fraction of sp³-hybridized carbons (Fsp3) is 0.192. The largest absolute Gasteiger partial charge is 0.496 e. The van der Waals surface area contributed by atoms with E-state index in [-0.39, 0.29) is 5.91 Å². The number of anilines is 1. The smallest absolute Gasteiger partial charge is 0.255 e. The van der Waals surface area contributed by atoms with E-state index in [1.165, 1.54) is 0 Å². The van der Waals surface area contributed by atoms with Gasteiger partial charge in [0, 0.05) is 34.9 Å². The summed E-state index contributed by atoms with van der Waals surface area (Å²) in [6.45, 7) is 13.7. The molecule has 4 nitrogen and oxygen atoms in total. The van der Waals surface area contributed by atoms with Crippen molar-refractivity contribution in [2.24, 2.45) is 0 Å². The van der Waals surface area contributed by atoms with E-state index in [4.69, 9.17) is 4.74 Å². The number of hydrogen-bond acceptors (Lipinski definition) is 3. The van der Waals surface area contributed by atoms with E-state index in [0.29, 0.717) is 5.56 Å². The first-order chi connectivity index (χ1) is 14.4. The Morgan fingerprint density at radius 1 is 1.20 bits per heavy atom. The van der Waals surface area contributed by atoms with Crippen LogP contribution in [-0.2, 0) is 6.42 Å². The van der Waals surface area contributed by atoms with Crippen LogP contribution in [-0.4, -0.2) is 17.9 Å². The number of allylic oxidation sites excluding steroid dienone is 4. The van der Waals surface area contributed by atoms with Crippen molar-refractivity contribution in [3.05, 3.63) is 103 Å². The Morgan fingerprint density at radius 3 is 2.57 bits per heavy atom. The van der Waals surface area contributed by atoms with Crippen LogP contribution in [0.1, 0.15) is 42.3 Å². The third-order valence-electron chi connectivity index (χ3n) is 4.69. The molecule has 2 rings (SSSR count). The second-order valence-corrected chi connectivity index (χ2v) is 6.91. The van der Waals surface area contributed by atoms with E-state index in [1.54, 1.807) is 19.3 Å². The number of carbonyl (C=O) groups is 1. The maximum absolute atomic E-state index is 12.9. The second-order valence-electron chi connectivity index (χ2n) is 6.91. The first kappa shape index (κ1) is 22.8. The number of aryl methyl sites for hydroxylation is 1. The van der Waals surface area contributed by atoms with Crippen LogP contribution < -0.4 is 10.1 Å². The van der Waals surface area contributed by atoms with Gasteiger partial charge in [0.25, 0.3) is 5.91 Å². The summed E-state index contributed by atoms with van der Waals surface area (Å²) in [4.78, 5) is 14.8. The van der Waals surface area contributed by atoms with E-state index in [9.17, 15) is 4.79 Å². The van der Waals surface area contributed by atoms with Gasteiger partial charge in [-0.2, -0.15) is 0 Å². The molecule has 30 heavy (non-hydrogen) atoms. The summed E-state index contributed by atoms with van der Waals surface area (Å²) < 4.78 is 5.42. The molecule has 1 N–H and O–H groups in total. The molecule has 0 unspecified atom stereocenters. The van der Waals surface area contributed by atoms with Gasteiger partial charge in [0.1, 0.15) is 5.75 Å². The zero-order chi connectivity index (χ0) is 22.1. The lowest BCUT2D eigenvalue weighted by atomic mass is 10.0. The lowest BCUT2D eigenvalue weighted by Crippen LogP contribution is -2.14. The van der Waals surface area contributed by atoms with Crippen LogP contribution in [0.25, 0.3) is 5.57 Å². The monoisotopic (exact) mass is 402 g/mol. The molecule has 4 heteroatoms. The average Bonchev–Trinajstić information content (AvgIpc) is 2.75. The van der Waals surface area contributed by atoms with E-state index < -0.39 is 0 Å². The molecule has 2 aromatic rings. The Labute approximate surface area is 179 Å². The number of rotatable bonds is 9. The molecule has 0 atom stereocenters. The van der Waals surface area contributed by atoms with E-state index in [0.717, 1.165) is 40.3 Å². The molecule has 0 spiro atoms. The highest BCUT2D eigenvalue weighted by molar-refractivity contribution is 6.05. The summed E-state index contributed by atoms with van der Waals surface area (Å²) in [5.41, 5.74) is 5.16. The van der Waals surface area contributed by atoms with Crippen molar-refractivity contribution in [3.8, 4) is 5.75 Å². The quantitative estimate of drug-likeness (QED) is 0.493. The Kier molecular flexibility index (Phi) is 8.24. The van der Waals surface area contributed by atoms with Crippen LogP contribution in [0.15, 0.2) is 85.9 Å². The lowest BCUT2D eigenvalue weighted by Gasteiger charge is -2.18. The molecule has 0 aliphatic rings. The van der Waals surface area contributed by atoms with E-state index >= 15 is 0 Å². The number of hydrogen-bond donors (Lipinski definition) is 1. The first-order valence-electron chi connectivity index (χ1n) is 9.90. The third kappa shape index (κ3) is 5.74. The molecule has 156 valence electrons. The summed E-state index contributed by atoms with van der Waals surface area (Å²) in [6, 6.07) is 13.3. The molecule has 0 aliphatic heterocycles. The third-order valence-corrected chi connectivity index (χ3v) is 4.69. The van der Waals surface area contributed by atoms with Gasteiger partial charge in [-0.25, -0.2) is 0 Å². The Bertz CT molecular complexity index is 986. The summed E-state index contributed by atoms with van der Waals surface area (Å²) in [5, 5.41) is 3.03. The van der Waals surface area contributed by atoms with Gasteiger partial charge in [-0.1, -0.05) is 50.4 Å². The van der Waals surface area contributed by atoms with Crippen molar-refractivity contribution in [1.29, 1.82) is 0 Å². The second kappa shape index (κ2) is 10.9. The molecule has 1 amide bonds. The minimum atomic E-state index is -0.181. The Morgan fingerprint density at radius 2 is 1.93 bits per heavy atom. The maximum Gasteiger partial charge on any atom is 0.255 e. The highest BCUT2D eigenvalue weighted by atomic mass is 16.5. The van der Waals surface area contributed by atoms with Gasteiger partial charge in [0.2, 0.25) is 0 Å². The standard InChI is InChI=1S/C26H30N2O2/c1-7-9-16-28(19(3)4)18-20(5)23-12-10-11-13-24(23)27-26(29)22-15-14-21(8-2)25(17-22)30-6/h7,9-18H,1,3,8H2,2,4-6H3,(H,27,29)/b16-9-,20-18+. The van der Waals surface area contributed by atoms with Crippen LogP contribution in [0.2, 0.25) is 0 Å². The minimum absolute atomic E-state index is 0.181. The molecule has 0 aliphatic carbocycles. The topological polar surface area (TPSA) is 41.6 Å². The highest BCUT2D eigenvalue weighted by Crippen LogP contribution is 2.26. The van der Waals surface area contributed by atoms with E-state index in [1.807, 2.05) is 73.6 Å². The fourth-order valence-corrected chi connectivity index (χ4v) is 3.02. The van der Waals surface area contributed by atoms with Crippen molar-refractivity contribution in [2.75, 3.05) is 12.4 Å². The van der Waals surface area contributed by atoms with E-state index in [2.05, 4.69) is 25.4 Å². The number of methoxy groups -OCH3 is 1. The molecular formula is C26H30N2O2. The van der Waals surface area contributed by atoms with Crippen molar-refractivity contribution in [1.82, 2.24) is 4.90 Å². The SMILES string of the molecule is C=C/C=C\N(/C=C(\C)c1ccccc1NC(=O)c1ccc(CC)c(OC)c1)C(=C)C. The molecule has 0 bridgehead atoms. The van der Waals surface area contributed by atoms with Crippen molar-refractivity contribution < 1.29 is 9.53 Å². The van der Waals surface area contributed by atoms with Crippen LogP contribution in [0.3, 0.4) is 0 Å². The summed E-state index contributed by atoms with van der Waals surface area (Å²) in [7, 11) is 1.62. The van der Waals surface area contributed by atoms with Crippen molar-refractivity contribution in [3.63, 3.8) is 0 Å². The molecule has 0 radical (unpaired) electrons. The van der Waals surface area contributed by atoms with Gasteiger partial charge in [0.05, 0.1) is 7.11 Å². The van der Waals surface area contributed by atoms with Crippen LogP contribution in [0.4, 0.5) is 5.69 Å².